The van der Waals surface area contributed by atoms with E-state index in [0.717, 1.165) is 6.07 Å². The average Bonchev–Trinajstić information content (AvgIpc) is 3.48. The number of hydrogen-bond donors (Lipinski definition) is 3. The minimum Gasteiger partial charge on any atom is -0.364 e. The van der Waals surface area contributed by atoms with Crippen molar-refractivity contribution in [3.05, 3.63) is 69.9 Å². The SMILES string of the molecule is NC(=O)c1cc(-c2csc(NC(=O)c3ccc(-n4cncn4)c([N+](=O)[O-])c3)n2)c[nH]1. The van der Waals surface area contributed by atoms with Crippen molar-refractivity contribution in [3.8, 4) is 16.9 Å². The number of thiazole rings is 1. The Labute approximate surface area is 171 Å². The minimum absolute atomic E-state index is 0.0833. The maximum Gasteiger partial charge on any atom is 0.295 e. The lowest BCUT2D eigenvalue weighted by Crippen LogP contribution is -2.13. The van der Waals surface area contributed by atoms with Gasteiger partial charge in [-0.15, -0.1) is 11.3 Å². The molecular weight excluding hydrogens is 412 g/mol. The molecule has 0 aliphatic heterocycles. The Morgan fingerprint density at radius 3 is 2.80 bits per heavy atom. The van der Waals surface area contributed by atoms with Crippen molar-refractivity contribution in [1.82, 2.24) is 24.7 Å². The Morgan fingerprint density at radius 1 is 1.30 bits per heavy atom. The van der Waals surface area contributed by atoms with Crippen LogP contribution in [0.15, 0.2) is 48.5 Å². The second-order valence-electron chi connectivity index (χ2n) is 5.96. The van der Waals surface area contributed by atoms with E-state index in [1.165, 1.54) is 40.8 Å². The summed E-state index contributed by atoms with van der Waals surface area (Å²) >= 11 is 1.17. The molecule has 0 aliphatic rings. The molecule has 4 aromatic rings. The Balaban J connectivity index is 1.55. The molecule has 0 fully saturated rings. The number of rotatable bonds is 6. The van der Waals surface area contributed by atoms with Crippen LogP contribution in [-0.4, -0.2) is 41.5 Å². The summed E-state index contributed by atoms with van der Waals surface area (Å²) in [4.78, 5) is 45.4. The van der Waals surface area contributed by atoms with Crippen LogP contribution < -0.4 is 11.1 Å². The first kappa shape index (κ1) is 18.9. The third-order valence-electron chi connectivity index (χ3n) is 4.07. The number of aromatic amines is 1. The predicted octanol–water partition coefficient (Wildman–Crippen LogP) is 1.98. The van der Waals surface area contributed by atoms with Crippen LogP contribution in [0.4, 0.5) is 10.8 Å². The summed E-state index contributed by atoms with van der Waals surface area (Å²) in [6, 6.07) is 5.57. The van der Waals surface area contributed by atoms with Crippen LogP contribution in [0.3, 0.4) is 0 Å². The Morgan fingerprint density at radius 2 is 2.13 bits per heavy atom. The Kier molecular flexibility index (Phi) is 4.77. The van der Waals surface area contributed by atoms with Gasteiger partial charge in [-0.25, -0.2) is 14.6 Å². The highest BCUT2D eigenvalue weighted by atomic mass is 32.1. The molecule has 150 valence electrons. The fraction of sp³-hybridized carbons (Fsp3) is 0. The van der Waals surface area contributed by atoms with Crippen LogP contribution in [0.25, 0.3) is 16.9 Å². The van der Waals surface area contributed by atoms with Crippen molar-refractivity contribution in [3.63, 3.8) is 0 Å². The summed E-state index contributed by atoms with van der Waals surface area (Å²) in [6.07, 6.45) is 4.15. The number of anilines is 1. The Bertz CT molecular complexity index is 1260. The minimum atomic E-state index is -0.600. The molecule has 4 N–H and O–H groups in total. The van der Waals surface area contributed by atoms with Crippen molar-refractivity contribution in [2.75, 3.05) is 5.32 Å². The van der Waals surface area contributed by atoms with Crippen molar-refractivity contribution in [1.29, 1.82) is 0 Å². The van der Waals surface area contributed by atoms with Crippen LogP contribution in [0.1, 0.15) is 20.8 Å². The molecule has 0 atom stereocenters. The molecule has 12 nitrogen and oxygen atoms in total. The molecule has 3 aromatic heterocycles. The number of H-pyrrole nitrogens is 1. The molecule has 0 bridgehead atoms. The van der Waals surface area contributed by atoms with Gasteiger partial charge in [0, 0.05) is 28.8 Å². The number of nitrogens with two attached hydrogens (primary N) is 1. The van der Waals surface area contributed by atoms with E-state index < -0.39 is 16.7 Å². The van der Waals surface area contributed by atoms with Crippen molar-refractivity contribution in [2.24, 2.45) is 5.73 Å². The number of carbonyl (C=O) groups excluding carboxylic acids is 2. The monoisotopic (exact) mass is 424 g/mol. The molecular formula is C17H12N8O4S. The predicted molar refractivity (Wildman–Crippen MR) is 106 cm³/mol. The van der Waals surface area contributed by atoms with Crippen LogP contribution in [0.5, 0.6) is 0 Å². The van der Waals surface area contributed by atoms with Gasteiger partial charge in [0.1, 0.15) is 24.0 Å². The summed E-state index contributed by atoms with van der Waals surface area (Å²) in [6.45, 7) is 0. The second-order valence-corrected chi connectivity index (χ2v) is 6.82. The molecule has 4 rings (SSSR count). The molecule has 0 spiro atoms. The van der Waals surface area contributed by atoms with Gasteiger partial charge < -0.3 is 10.7 Å². The maximum atomic E-state index is 12.6. The zero-order valence-corrected chi connectivity index (χ0v) is 15.8. The highest BCUT2D eigenvalue weighted by Crippen LogP contribution is 2.27. The third kappa shape index (κ3) is 3.64. The first-order chi connectivity index (χ1) is 14.4. The van der Waals surface area contributed by atoms with Crippen LogP contribution in [-0.2, 0) is 0 Å². The largest absolute Gasteiger partial charge is 0.364 e. The van der Waals surface area contributed by atoms with Crippen molar-refractivity contribution >= 4 is 34.0 Å². The van der Waals surface area contributed by atoms with Gasteiger partial charge in [-0.2, -0.15) is 5.10 Å². The lowest BCUT2D eigenvalue weighted by atomic mass is 10.1. The molecule has 0 saturated heterocycles. The number of nitrogens with one attached hydrogen (secondary N) is 2. The van der Waals surface area contributed by atoms with E-state index in [1.54, 1.807) is 17.6 Å². The quantitative estimate of drug-likeness (QED) is 0.313. The van der Waals surface area contributed by atoms with Crippen molar-refractivity contribution < 1.29 is 14.5 Å². The standard InChI is InChI=1S/C17H12N8O4S/c18-15(26)11-3-10(5-20-11)12-6-30-17(22-12)23-16(27)9-1-2-13(14(4-9)25(28)29)24-8-19-7-21-24/h1-8,20H,(H2,18,26)(H,22,23,27). The number of carbonyl (C=O) groups is 2. The van der Waals surface area contributed by atoms with E-state index >= 15 is 0 Å². The van der Waals surface area contributed by atoms with Gasteiger partial charge in [0.25, 0.3) is 17.5 Å². The summed E-state index contributed by atoms with van der Waals surface area (Å²) in [5.41, 5.74) is 6.59. The van der Waals surface area contributed by atoms with E-state index in [4.69, 9.17) is 5.73 Å². The highest BCUT2D eigenvalue weighted by molar-refractivity contribution is 7.14. The number of benzene rings is 1. The van der Waals surface area contributed by atoms with Crippen LogP contribution >= 0.6 is 11.3 Å². The van der Waals surface area contributed by atoms with Gasteiger partial charge >= 0.3 is 0 Å². The number of aromatic nitrogens is 5. The zero-order valence-electron chi connectivity index (χ0n) is 15.0. The number of nitro benzene ring substituents is 1. The molecule has 13 heteroatoms. The van der Waals surface area contributed by atoms with Crippen LogP contribution in [0.2, 0.25) is 0 Å². The summed E-state index contributed by atoms with van der Waals surface area (Å²) in [5.74, 6) is -1.16. The first-order valence-corrected chi connectivity index (χ1v) is 9.19. The van der Waals surface area contributed by atoms with Crippen LogP contribution in [0, 0.1) is 10.1 Å². The molecule has 1 aromatic carbocycles. The molecule has 0 unspecified atom stereocenters. The third-order valence-corrected chi connectivity index (χ3v) is 4.83. The van der Waals surface area contributed by atoms with Gasteiger partial charge in [0.15, 0.2) is 5.13 Å². The molecule has 2 amide bonds. The number of amides is 2. The van der Waals surface area contributed by atoms with E-state index in [2.05, 4.69) is 25.4 Å². The lowest BCUT2D eigenvalue weighted by molar-refractivity contribution is -0.384. The van der Waals surface area contributed by atoms with Gasteiger partial charge in [0.05, 0.1) is 10.6 Å². The van der Waals surface area contributed by atoms with Gasteiger partial charge in [-0.1, -0.05) is 0 Å². The summed E-state index contributed by atoms with van der Waals surface area (Å²) < 4.78 is 1.24. The molecule has 3 heterocycles. The Hall–Kier alpha value is -4.39. The van der Waals surface area contributed by atoms with Gasteiger partial charge in [-0.05, 0) is 18.2 Å². The highest BCUT2D eigenvalue weighted by Gasteiger charge is 2.20. The summed E-state index contributed by atoms with van der Waals surface area (Å²) in [7, 11) is 0. The molecule has 0 aliphatic carbocycles. The molecule has 0 radical (unpaired) electrons. The first-order valence-electron chi connectivity index (χ1n) is 8.31. The smallest absolute Gasteiger partial charge is 0.295 e. The fourth-order valence-electron chi connectivity index (χ4n) is 2.65. The number of nitro groups is 1. The second kappa shape index (κ2) is 7.56. The van der Waals surface area contributed by atoms with E-state index in [1.807, 2.05) is 0 Å². The topological polar surface area (TPSA) is 175 Å². The maximum absolute atomic E-state index is 12.6. The fourth-order valence-corrected chi connectivity index (χ4v) is 3.37. The summed E-state index contributed by atoms with van der Waals surface area (Å²) in [5, 5.41) is 19.9. The zero-order chi connectivity index (χ0) is 21.3. The number of hydrogen-bond acceptors (Lipinski definition) is 8. The lowest BCUT2D eigenvalue weighted by Gasteiger charge is -2.05. The number of nitrogens with zero attached hydrogens (tertiary/aromatic N) is 5. The van der Waals surface area contributed by atoms with Gasteiger partial charge in [-0.3, -0.25) is 25.0 Å². The van der Waals surface area contributed by atoms with E-state index in [9.17, 15) is 19.7 Å². The number of primary amides is 1. The van der Waals surface area contributed by atoms with E-state index in [-0.39, 0.29) is 22.6 Å². The molecule has 30 heavy (non-hydrogen) atoms. The normalized spacial score (nSPS) is 10.7. The average molecular weight is 424 g/mol. The van der Waals surface area contributed by atoms with Gasteiger partial charge in [0.2, 0.25) is 0 Å². The van der Waals surface area contributed by atoms with Crippen molar-refractivity contribution in [2.45, 2.75) is 0 Å². The van der Waals surface area contributed by atoms with E-state index in [0.29, 0.717) is 16.4 Å². The molecule has 0 saturated carbocycles.